The molecule has 0 unspecified atom stereocenters. The lowest BCUT2D eigenvalue weighted by molar-refractivity contribution is 0.474. The zero-order valence-corrected chi connectivity index (χ0v) is 15.6. The summed E-state index contributed by atoms with van der Waals surface area (Å²) in [6.45, 7) is 4.30. The van der Waals surface area contributed by atoms with E-state index < -0.39 is 0 Å². The molecular formula is C22H21NO2S. The summed E-state index contributed by atoms with van der Waals surface area (Å²) in [5, 5.41) is 12.8. The standard InChI is InChI=1S/C22H21NO2S/c1-22(2,16-8-12-19(24)13-9-16)17-10-14-20(15-11-17)25-21(26)23-18-6-4-3-5-7-18/h3-15,24H,1-2H3,(H,23,26). The molecule has 0 amide bonds. The average molecular weight is 363 g/mol. The Morgan fingerprint density at radius 3 is 1.96 bits per heavy atom. The third kappa shape index (κ3) is 4.21. The maximum Gasteiger partial charge on any atom is 0.266 e. The molecule has 3 rings (SSSR count). The second-order valence-electron chi connectivity index (χ2n) is 6.58. The fourth-order valence-electron chi connectivity index (χ4n) is 2.76. The molecule has 3 aromatic rings. The van der Waals surface area contributed by atoms with E-state index in [0.29, 0.717) is 10.9 Å². The van der Waals surface area contributed by atoms with Crippen LogP contribution in [0.3, 0.4) is 0 Å². The fraction of sp³-hybridized carbons (Fsp3) is 0.136. The van der Waals surface area contributed by atoms with Gasteiger partial charge in [0.15, 0.2) is 0 Å². The Balaban J connectivity index is 1.69. The first-order chi connectivity index (χ1) is 12.4. The van der Waals surface area contributed by atoms with Gasteiger partial charge in [0.1, 0.15) is 11.5 Å². The number of benzene rings is 3. The molecule has 0 radical (unpaired) electrons. The van der Waals surface area contributed by atoms with E-state index in [0.717, 1.165) is 16.8 Å². The van der Waals surface area contributed by atoms with Crippen LogP contribution in [0.4, 0.5) is 5.69 Å². The van der Waals surface area contributed by atoms with Crippen LogP contribution in [0.1, 0.15) is 25.0 Å². The minimum absolute atomic E-state index is 0.185. The van der Waals surface area contributed by atoms with Crippen molar-refractivity contribution in [3.8, 4) is 11.5 Å². The van der Waals surface area contributed by atoms with Gasteiger partial charge in [0.25, 0.3) is 5.17 Å². The van der Waals surface area contributed by atoms with Crippen molar-refractivity contribution in [3.63, 3.8) is 0 Å². The van der Waals surface area contributed by atoms with Gasteiger partial charge < -0.3 is 15.2 Å². The normalized spacial score (nSPS) is 11.0. The molecule has 0 aromatic heterocycles. The van der Waals surface area contributed by atoms with E-state index in [2.05, 4.69) is 19.2 Å². The second-order valence-corrected chi connectivity index (χ2v) is 6.95. The Labute approximate surface area is 159 Å². The van der Waals surface area contributed by atoms with Crippen molar-refractivity contribution in [2.24, 2.45) is 0 Å². The molecule has 3 nitrogen and oxygen atoms in total. The van der Waals surface area contributed by atoms with E-state index in [1.165, 1.54) is 0 Å². The van der Waals surface area contributed by atoms with E-state index in [1.54, 1.807) is 12.1 Å². The Morgan fingerprint density at radius 2 is 1.38 bits per heavy atom. The topological polar surface area (TPSA) is 41.5 Å². The summed E-state index contributed by atoms with van der Waals surface area (Å²) in [6.07, 6.45) is 0. The number of aromatic hydroxyl groups is 1. The molecule has 0 heterocycles. The lowest BCUT2D eigenvalue weighted by atomic mass is 9.78. The molecule has 0 spiro atoms. The Hall–Kier alpha value is -2.85. The van der Waals surface area contributed by atoms with Crippen LogP contribution in [0.5, 0.6) is 11.5 Å². The second kappa shape index (κ2) is 7.58. The number of para-hydroxylation sites is 1. The molecule has 0 aliphatic heterocycles. The minimum atomic E-state index is -0.185. The van der Waals surface area contributed by atoms with Crippen LogP contribution in [-0.4, -0.2) is 10.3 Å². The first kappa shape index (κ1) is 18.0. The number of thiocarbonyl (C=S) groups is 1. The third-order valence-corrected chi connectivity index (χ3v) is 4.58. The van der Waals surface area contributed by atoms with Gasteiger partial charge in [-0.2, -0.15) is 0 Å². The number of phenolic OH excluding ortho intramolecular Hbond substituents is 1. The summed E-state index contributed by atoms with van der Waals surface area (Å²) in [4.78, 5) is 0. The summed E-state index contributed by atoms with van der Waals surface area (Å²) in [7, 11) is 0. The highest BCUT2D eigenvalue weighted by Gasteiger charge is 2.23. The van der Waals surface area contributed by atoms with Gasteiger partial charge in [-0.05, 0) is 59.7 Å². The molecule has 132 valence electrons. The van der Waals surface area contributed by atoms with E-state index in [-0.39, 0.29) is 11.2 Å². The van der Waals surface area contributed by atoms with Gasteiger partial charge in [-0.15, -0.1) is 0 Å². The molecule has 0 saturated carbocycles. The quantitative estimate of drug-likeness (QED) is 0.601. The van der Waals surface area contributed by atoms with Crippen molar-refractivity contribution in [2.45, 2.75) is 19.3 Å². The van der Waals surface area contributed by atoms with E-state index in [9.17, 15) is 5.11 Å². The monoisotopic (exact) mass is 363 g/mol. The highest BCUT2D eigenvalue weighted by Crippen LogP contribution is 2.33. The molecule has 4 heteroatoms. The summed E-state index contributed by atoms with van der Waals surface area (Å²) in [5.41, 5.74) is 2.99. The molecule has 0 bridgehead atoms. The van der Waals surface area contributed by atoms with Crippen molar-refractivity contribution in [3.05, 3.63) is 90.0 Å². The molecule has 3 aromatic carbocycles. The molecule has 26 heavy (non-hydrogen) atoms. The SMILES string of the molecule is CC(C)(c1ccc(O)cc1)c1ccc(OC(=S)Nc2ccccc2)cc1. The van der Waals surface area contributed by atoms with Gasteiger partial charge in [-0.1, -0.05) is 56.3 Å². The average Bonchev–Trinajstić information content (AvgIpc) is 2.63. The zero-order valence-electron chi connectivity index (χ0n) is 14.8. The smallest absolute Gasteiger partial charge is 0.266 e. The maximum atomic E-state index is 9.48. The number of hydrogen-bond donors (Lipinski definition) is 2. The molecule has 0 fully saturated rings. The number of ether oxygens (including phenoxy) is 1. The van der Waals surface area contributed by atoms with E-state index >= 15 is 0 Å². The van der Waals surface area contributed by atoms with Crippen LogP contribution in [0, 0.1) is 0 Å². The van der Waals surface area contributed by atoms with Crippen molar-refractivity contribution >= 4 is 23.1 Å². The maximum absolute atomic E-state index is 9.48. The van der Waals surface area contributed by atoms with Crippen LogP contribution in [0.2, 0.25) is 0 Å². The van der Waals surface area contributed by atoms with Crippen LogP contribution in [0.25, 0.3) is 0 Å². The predicted octanol–water partition coefficient (Wildman–Crippen LogP) is 5.49. The van der Waals surface area contributed by atoms with Gasteiger partial charge in [0.2, 0.25) is 0 Å². The number of phenols is 1. The first-order valence-electron chi connectivity index (χ1n) is 8.39. The summed E-state index contributed by atoms with van der Waals surface area (Å²) >= 11 is 5.26. The molecule has 0 atom stereocenters. The van der Waals surface area contributed by atoms with Crippen molar-refractivity contribution in [1.82, 2.24) is 0 Å². The Kier molecular flexibility index (Phi) is 5.24. The number of nitrogens with one attached hydrogen (secondary N) is 1. The molecule has 0 saturated heterocycles. The van der Waals surface area contributed by atoms with Gasteiger partial charge in [0, 0.05) is 11.1 Å². The van der Waals surface area contributed by atoms with Crippen molar-refractivity contribution in [2.75, 3.05) is 5.32 Å². The third-order valence-electron chi connectivity index (χ3n) is 4.40. The lowest BCUT2D eigenvalue weighted by Gasteiger charge is -2.26. The molecule has 2 N–H and O–H groups in total. The first-order valence-corrected chi connectivity index (χ1v) is 8.80. The van der Waals surface area contributed by atoms with Crippen molar-refractivity contribution < 1.29 is 9.84 Å². The van der Waals surface area contributed by atoms with Gasteiger partial charge in [0.05, 0.1) is 0 Å². The molecular weight excluding hydrogens is 342 g/mol. The Morgan fingerprint density at radius 1 is 0.846 bits per heavy atom. The fourth-order valence-corrected chi connectivity index (χ4v) is 2.97. The number of hydrogen-bond acceptors (Lipinski definition) is 3. The van der Waals surface area contributed by atoms with Crippen LogP contribution < -0.4 is 10.1 Å². The van der Waals surface area contributed by atoms with Crippen LogP contribution in [-0.2, 0) is 5.41 Å². The summed E-state index contributed by atoms with van der Waals surface area (Å²) in [6, 6.07) is 24.9. The summed E-state index contributed by atoms with van der Waals surface area (Å²) in [5.74, 6) is 0.955. The highest BCUT2D eigenvalue weighted by molar-refractivity contribution is 7.80. The van der Waals surface area contributed by atoms with Gasteiger partial charge in [-0.3, -0.25) is 0 Å². The zero-order chi connectivity index (χ0) is 18.6. The van der Waals surface area contributed by atoms with Crippen molar-refractivity contribution in [1.29, 1.82) is 0 Å². The minimum Gasteiger partial charge on any atom is -0.508 e. The number of rotatable bonds is 4. The molecule has 0 aliphatic carbocycles. The van der Waals surface area contributed by atoms with E-state index in [1.807, 2.05) is 66.7 Å². The Bertz CT molecular complexity index is 872. The van der Waals surface area contributed by atoms with Gasteiger partial charge in [-0.25, -0.2) is 0 Å². The van der Waals surface area contributed by atoms with Gasteiger partial charge >= 0.3 is 0 Å². The van der Waals surface area contributed by atoms with Crippen LogP contribution in [0.15, 0.2) is 78.9 Å². The number of anilines is 1. The predicted molar refractivity (Wildman–Crippen MR) is 110 cm³/mol. The molecule has 0 aliphatic rings. The highest BCUT2D eigenvalue weighted by atomic mass is 32.1. The van der Waals surface area contributed by atoms with Crippen LogP contribution >= 0.6 is 12.2 Å². The van der Waals surface area contributed by atoms with E-state index in [4.69, 9.17) is 17.0 Å². The largest absolute Gasteiger partial charge is 0.508 e. The summed E-state index contributed by atoms with van der Waals surface area (Å²) < 4.78 is 5.69. The lowest BCUT2D eigenvalue weighted by Crippen LogP contribution is -2.19.